The van der Waals surface area contributed by atoms with Crippen LogP contribution < -0.4 is 0 Å². The van der Waals surface area contributed by atoms with Crippen LogP contribution in [-0.2, 0) is 11.3 Å². The average Bonchev–Trinajstić information content (AvgIpc) is 2.91. The zero-order valence-corrected chi connectivity index (χ0v) is 11.9. The van der Waals surface area contributed by atoms with Crippen LogP contribution in [0.5, 0.6) is 0 Å². The summed E-state index contributed by atoms with van der Waals surface area (Å²) in [7, 11) is 0. The lowest BCUT2D eigenvalue weighted by molar-refractivity contribution is 0.0369. The van der Waals surface area contributed by atoms with Crippen LogP contribution in [0.1, 0.15) is 16.8 Å². The minimum Gasteiger partial charge on any atom is -0.478 e. The molecule has 1 aromatic carbocycles. The smallest absolute Gasteiger partial charge is 0.337 e. The minimum absolute atomic E-state index is 0.316. The van der Waals surface area contributed by atoms with Crippen molar-refractivity contribution in [1.29, 1.82) is 0 Å². The van der Waals surface area contributed by atoms with Crippen LogP contribution in [0.3, 0.4) is 0 Å². The summed E-state index contributed by atoms with van der Waals surface area (Å²) in [5.74, 6) is -0.907. The van der Waals surface area contributed by atoms with Crippen LogP contribution in [0, 0.1) is 0 Å². The van der Waals surface area contributed by atoms with Gasteiger partial charge in [-0.05, 0) is 18.6 Å². The van der Waals surface area contributed by atoms with Crippen molar-refractivity contribution in [2.24, 2.45) is 0 Å². The van der Waals surface area contributed by atoms with Crippen LogP contribution in [0.15, 0.2) is 24.5 Å². The number of morpholine rings is 1. The number of hydrogen-bond donors (Lipinski definition) is 1. The van der Waals surface area contributed by atoms with Gasteiger partial charge >= 0.3 is 5.97 Å². The number of ether oxygens (including phenoxy) is 1. The number of aromatic carboxylic acids is 1. The number of carboxylic acid groups (broad SMARTS) is 1. The fourth-order valence-corrected chi connectivity index (χ4v) is 2.76. The monoisotopic (exact) mass is 289 g/mol. The molecule has 1 N–H and O–H groups in total. The third-order valence-electron chi connectivity index (χ3n) is 3.85. The van der Waals surface area contributed by atoms with Gasteiger partial charge in [-0.3, -0.25) is 4.90 Å². The molecule has 112 valence electrons. The van der Waals surface area contributed by atoms with Crippen molar-refractivity contribution in [3.8, 4) is 0 Å². The Kier molecular flexibility index (Phi) is 4.17. The van der Waals surface area contributed by atoms with Crippen molar-refractivity contribution in [1.82, 2.24) is 14.5 Å². The Bertz CT molecular complexity index is 632. The number of nitrogens with zero attached hydrogens (tertiary/aromatic N) is 3. The summed E-state index contributed by atoms with van der Waals surface area (Å²) in [6.45, 7) is 5.33. The van der Waals surface area contributed by atoms with Crippen molar-refractivity contribution in [2.75, 3.05) is 32.8 Å². The number of hydrogen-bond acceptors (Lipinski definition) is 4. The molecule has 1 fully saturated rings. The summed E-state index contributed by atoms with van der Waals surface area (Å²) in [4.78, 5) is 18.0. The highest BCUT2D eigenvalue weighted by molar-refractivity contribution is 6.01. The van der Waals surface area contributed by atoms with E-state index < -0.39 is 5.97 Å². The van der Waals surface area contributed by atoms with Gasteiger partial charge in [0.2, 0.25) is 0 Å². The topological polar surface area (TPSA) is 67.6 Å². The van der Waals surface area contributed by atoms with Gasteiger partial charge < -0.3 is 14.4 Å². The number of fused-ring (bicyclic) bond motifs is 1. The molecule has 6 heteroatoms. The van der Waals surface area contributed by atoms with E-state index in [2.05, 4.69) is 9.88 Å². The molecule has 2 heterocycles. The van der Waals surface area contributed by atoms with Crippen LogP contribution in [0.2, 0.25) is 0 Å². The fraction of sp³-hybridized carbons (Fsp3) is 0.467. The molecule has 1 aliphatic heterocycles. The summed E-state index contributed by atoms with van der Waals surface area (Å²) in [5, 5.41) is 9.29. The van der Waals surface area contributed by atoms with Gasteiger partial charge in [-0.25, -0.2) is 9.78 Å². The van der Waals surface area contributed by atoms with Crippen molar-refractivity contribution < 1.29 is 14.6 Å². The Hall–Kier alpha value is -1.92. The van der Waals surface area contributed by atoms with Gasteiger partial charge in [-0.2, -0.15) is 0 Å². The Balaban J connectivity index is 1.70. The molecule has 1 aliphatic rings. The van der Waals surface area contributed by atoms with Gasteiger partial charge in [0.05, 0.1) is 36.1 Å². The van der Waals surface area contributed by atoms with Crippen LogP contribution >= 0.6 is 0 Å². The van der Waals surface area contributed by atoms with E-state index >= 15 is 0 Å². The molecule has 2 aromatic rings. The highest BCUT2D eigenvalue weighted by atomic mass is 16.5. The second-order valence-electron chi connectivity index (χ2n) is 5.22. The zero-order chi connectivity index (χ0) is 14.7. The summed E-state index contributed by atoms with van der Waals surface area (Å²) in [6, 6.07) is 5.21. The summed E-state index contributed by atoms with van der Waals surface area (Å²) in [6.07, 6.45) is 2.70. The highest BCUT2D eigenvalue weighted by Gasteiger charge is 2.14. The SMILES string of the molecule is O=C(O)c1cccc2ncn(CCCN3CCOCC3)c12. The molecule has 0 saturated carbocycles. The first-order chi connectivity index (χ1) is 10.3. The summed E-state index contributed by atoms with van der Waals surface area (Å²) < 4.78 is 7.27. The van der Waals surface area contributed by atoms with Crippen LogP contribution in [-0.4, -0.2) is 58.4 Å². The Labute approximate surface area is 122 Å². The maximum absolute atomic E-state index is 11.3. The number of carboxylic acids is 1. The van der Waals surface area contributed by atoms with E-state index in [1.807, 2.05) is 10.6 Å². The summed E-state index contributed by atoms with van der Waals surface area (Å²) >= 11 is 0. The lowest BCUT2D eigenvalue weighted by Crippen LogP contribution is -2.37. The zero-order valence-electron chi connectivity index (χ0n) is 11.9. The van der Waals surface area contributed by atoms with Crippen molar-refractivity contribution in [3.63, 3.8) is 0 Å². The molecule has 0 aliphatic carbocycles. The van der Waals surface area contributed by atoms with Gasteiger partial charge in [-0.15, -0.1) is 0 Å². The van der Waals surface area contributed by atoms with Gasteiger partial charge in [0.25, 0.3) is 0 Å². The van der Waals surface area contributed by atoms with E-state index in [-0.39, 0.29) is 0 Å². The molecule has 0 atom stereocenters. The first kappa shape index (κ1) is 14.0. The second-order valence-corrected chi connectivity index (χ2v) is 5.22. The maximum Gasteiger partial charge on any atom is 0.337 e. The van der Waals surface area contributed by atoms with E-state index in [9.17, 15) is 9.90 Å². The first-order valence-electron chi connectivity index (χ1n) is 7.23. The molecule has 0 bridgehead atoms. The van der Waals surface area contributed by atoms with E-state index in [4.69, 9.17) is 4.74 Å². The normalized spacial score (nSPS) is 16.4. The average molecular weight is 289 g/mol. The molecule has 0 unspecified atom stereocenters. The minimum atomic E-state index is -0.907. The Morgan fingerprint density at radius 3 is 2.86 bits per heavy atom. The van der Waals surface area contributed by atoms with E-state index in [1.165, 1.54) is 0 Å². The fourth-order valence-electron chi connectivity index (χ4n) is 2.76. The largest absolute Gasteiger partial charge is 0.478 e. The predicted molar refractivity (Wildman–Crippen MR) is 78.6 cm³/mol. The van der Waals surface area contributed by atoms with Gasteiger partial charge in [0.1, 0.15) is 0 Å². The summed E-state index contributed by atoms with van der Waals surface area (Å²) in [5.41, 5.74) is 1.77. The molecule has 1 aromatic heterocycles. The predicted octanol–water partition coefficient (Wildman–Crippen LogP) is 1.46. The maximum atomic E-state index is 11.3. The number of carbonyl (C=O) groups is 1. The van der Waals surface area contributed by atoms with Crippen molar-refractivity contribution in [2.45, 2.75) is 13.0 Å². The number of rotatable bonds is 5. The third kappa shape index (κ3) is 3.06. The highest BCUT2D eigenvalue weighted by Crippen LogP contribution is 2.18. The molecule has 0 spiro atoms. The van der Waals surface area contributed by atoms with Crippen molar-refractivity contribution in [3.05, 3.63) is 30.1 Å². The van der Waals surface area contributed by atoms with E-state index in [0.29, 0.717) is 11.1 Å². The number of benzene rings is 1. The van der Waals surface area contributed by atoms with E-state index in [0.717, 1.165) is 51.3 Å². The Morgan fingerprint density at radius 2 is 2.10 bits per heavy atom. The number of para-hydroxylation sites is 1. The number of imidazole rings is 1. The molecule has 0 amide bonds. The molecular weight excluding hydrogens is 270 g/mol. The standard InChI is InChI=1S/C15H19N3O3/c19-15(20)12-3-1-4-13-14(12)18(11-16-13)6-2-5-17-7-9-21-10-8-17/h1,3-4,11H,2,5-10H2,(H,19,20). The molecule has 1 saturated heterocycles. The van der Waals surface area contributed by atoms with Crippen molar-refractivity contribution >= 4 is 17.0 Å². The van der Waals surface area contributed by atoms with Crippen LogP contribution in [0.25, 0.3) is 11.0 Å². The molecule has 6 nitrogen and oxygen atoms in total. The Morgan fingerprint density at radius 1 is 1.29 bits per heavy atom. The number of aromatic nitrogens is 2. The first-order valence-corrected chi connectivity index (χ1v) is 7.23. The second kappa shape index (κ2) is 6.24. The third-order valence-corrected chi connectivity index (χ3v) is 3.85. The molecular formula is C15H19N3O3. The quantitative estimate of drug-likeness (QED) is 0.902. The molecule has 0 radical (unpaired) electrons. The lowest BCUT2D eigenvalue weighted by Gasteiger charge is -2.26. The van der Waals surface area contributed by atoms with Gasteiger partial charge in [0, 0.05) is 26.2 Å². The lowest BCUT2D eigenvalue weighted by atomic mass is 10.2. The van der Waals surface area contributed by atoms with E-state index in [1.54, 1.807) is 18.5 Å². The number of aryl methyl sites for hydroxylation is 1. The molecule has 3 rings (SSSR count). The van der Waals surface area contributed by atoms with Crippen LogP contribution in [0.4, 0.5) is 0 Å². The van der Waals surface area contributed by atoms with Gasteiger partial charge in [0.15, 0.2) is 0 Å². The van der Waals surface area contributed by atoms with Gasteiger partial charge in [-0.1, -0.05) is 6.07 Å². The molecule has 21 heavy (non-hydrogen) atoms.